The zero-order valence-electron chi connectivity index (χ0n) is 36.7. The van der Waals surface area contributed by atoms with Crippen LogP contribution < -0.4 is 4.90 Å². The number of hydrogen-bond acceptors (Lipinski definition) is 3. The maximum absolute atomic E-state index is 10.3. The van der Waals surface area contributed by atoms with Crippen LogP contribution in [-0.2, 0) is 10.8 Å². The molecule has 310 valence electrons. The monoisotopic (exact) mass is 843 g/mol. The summed E-state index contributed by atoms with van der Waals surface area (Å²) in [6.07, 6.45) is 0. The molecule has 0 radical (unpaired) electrons. The number of aromatic nitrogens is 1. The van der Waals surface area contributed by atoms with Gasteiger partial charge in [0.15, 0.2) is 11.2 Å². The first kappa shape index (κ1) is 37.0. The third kappa shape index (κ3) is 4.66. The van der Waals surface area contributed by atoms with Crippen LogP contribution in [0.25, 0.3) is 82.1 Å². The van der Waals surface area contributed by atoms with Crippen LogP contribution in [0.3, 0.4) is 0 Å². The van der Waals surface area contributed by atoms with Crippen molar-refractivity contribution in [2.75, 3.05) is 4.90 Å². The van der Waals surface area contributed by atoms with Crippen molar-refractivity contribution in [3.63, 3.8) is 0 Å². The first-order chi connectivity index (χ1) is 32.4. The second-order valence-electron chi connectivity index (χ2n) is 19.1. The van der Waals surface area contributed by atoms with E-state index in [0.29, 0.717) is 11.1 Å². The van der Waals surface area contributed by atoms with Crippen molar-refractivity contribution in [3.05, 3.63) is 228 Å². The molecule has 1 aliphatic carbocycles. The smallest absolute Gasteiger partial charge is 0.159 e. The second kappa shape index (κ2) is 13.1. The van der Waals surface area contributed by atoms with Crippen molar-refractivity contribution in [1.82, 2.24) is 4.57 Å². The molecule has 0 fully saturated rings. The average Bonchev–Trinajstić information content (AvgIpc) is 4.01. The van der Waals surface area contributed by atoms with Gasteiger partial charge in [-0.05, 0) is 103 Å². The van der Waals surface area contributed by atoms with Crippen LogP contribution in [0.1, 0.15) is 54.2 Å². The highest BCUT2D eigenvalue weighted by molar-refractivity contribution is 6.19. The number of nitriles is 1. The van der Waals surface area contributed by atoms with Gasteiger partial charge in [0.2, 0.25) is 0 Å². The van der Waals surface area contributed by atoms with E-state index in [0.717, 1.165) is 38.8 Å². The summed E-state index contributed by atoms with van der Waals surface area (Å²) in [4.78, 5) is 2.41. The fourth-order valence-electron chi connectivity index (χ4n) is 12.0. The van der Waals surface area contributed by atoms with Gasteiger partial charge in [-0.3, -0.25) is 0 Å². The van der Waals surface area contributed by atoms with Gasteiger partial charge < -0.3 is 13.9 Å². The van der Waals surface area contributed by atoms with Crippen LogP contribution in [0.2, 0.25) is 0 Å². The maximum Gasteiger partial charge on any atom is 0.159 e. The molecule has 1 unspecified atom stereocenters. The summed E-state index contributed by atoms with van der Waals surface area (Å²) in [7, 11) is 0. The summed E-state index contributed by atoms with van der Waals surface area (Å²) in [6.45, 7) is 6.79. The van der Waals surface area contributed by atoms with Gasteiger partial charge in [0, 0.05) is 32.6 Å². The molecule has 0 amide bonds. The Labute approximate surface area is 381 Å². The number of benzene rings is 10. The van der Waals surface area contributed by atoms with E-state index in [1.807, 2.05) is 12.1 Å². The molecule has 0 bridgehead atoms. The second-order valence-corrected chi connectivity index (χ2v) is 19.1. The zero-order valence-corrected chi connectivity index (χ0v) is 36.7. The standard InChI is InChI=1S/C62H41N3O/c1-61(2,3)39-30-32-40(33-31-39)64(54-28-14-23-47-46-22-12-16-38(36-63)59(46)66-60(47)54)55-35-51-57(44-20-7-6-18-42(44)55)56-41-17-5-4-15-37(41)29-34-49(56)62(51)48-24-9-11-27-53(48)65-52-26-10-8-19-43(52)45-21-13-25-50(62)58(45)65/h4-35H,1-3H3. The van der Waals surface area contributed by atoms with E-state index < -0.39 is 5.41 Å². The largest absolute Gasteiger partial charge is 0.452 e. The molecular weight excluding hydrogens is 803 g/mol. The Kier molecular flexibility index (Phi) is 7.35. The van der Waals surface area contributed by atoms with E-state index in [2.05, 4.69) is 218 Å². The molecule has 0 saturated heterocycles. The van der Waals surface area contributed by atoms with Gasteiger partial charge in [0.1, 0.15) is 6.07 Å². The molecule has 12 aromatic rings. The molecule has 1 aliphatic heterocycles. The molecule has 3 heterocycles. The number of para-hydroxylation sites is 5. The van der Waals surface area contributed by atoms with Gasteiger partial charge in [-0.15, -0.1) is 0 Å². The minimum Gasteiger partial charge on any atom is -0.452 e. The van der Waals surface area contributed by atoms with Crippen LogP contribution in [0, 0.1) is 11.3 Å². The molecular formula is C62H41N3O. The third-order valence-electron chi connectivity index (χ3n) is 14.8. The lowest BCUT2D eigenvalue weighted by Gasteiger charge is -2.40. The summed E-state index contributed by atoms with van der Waals surface area (Å²) in [5.74, 6) is 0. The summed E-state index contributed by atoms with van der Waals surface area (Å²) in [6, 6.07) is 73.8. The SMILES string of the molecule is CC(C)(C)c1ccc(N(c2cc3c(c4ccccc24)-c2c(ccc4ccccc24)C32c3ccccc3-n3c4ccccc4c4cccc2c43)c2cccc3c2oc2c(C#N)cccc23)cc1. The summed E-state index contributed by atoms with van der Waals surface area (Å²) >= 11 is 0. The molecule has 0 N–H and O–H groups in total. The van der Waals surface area contributed by atoms with E-state index in [1.54, 1.807) is 0 Å². The number of furan rings is 1. The predicted octanol–water partition coefficient (Wildman–Crippen LogP) is 16.3. The number of anilines is 3. The van der Waals surface area contributed by atoms with Crippen LogP contribution in [-0.4, -0.2) is 4.57 Å². The molecule has 0 saturated carbocycles. The zero-order chi connectivity index (χ0) is 44.1. The minimum absolute atomic E-state index is 0.0329. The van der Waals surface area contributed by atoms with Gasteiger partial charge in [0.25, 0.3) is 0 Å². The maximum atomic E-state index is 10.3. The lowest BCUT2D eigenvalue weighted by Crippen LogP contribution is -2.33. The summed E-state index contributed by atoms with van der Waals surface area (Å²) < 4.78 is 9.42. The predicted molar refractivity (Wildman–Crippen MR) is 272 cm³/mol. The topological polar surface area (TPSA) is 45.1 Å². The molecule has 66 heavy (non-hydrogen) atoms. The minimum atomic E-state index is -0.692. The lowest BCUT2D eigenvalue weighted by atomic mass is 9.65. The average molecular weight is 844 g/mol. The van der Waals surface area contributed by atoms with E-state index in [9.17, 15) is 5.26 Å². The van der Waals surface area contributed by atoms with Crippen molar-refractivity contribution in [3.8, 4) is 22.9 Å². The molecule has 4 heteroatoms. The van der Waals surface area contributed by atoms with Gasteiger partial charge in [-0.1, -0.05) is 172 Å². The van der Waals surface area contributed by atoms with Gasteiger partial charge >= 0.3 is 0 Å². The first-order valence-corrected chi connectivity index (χ1v) is 22.8. The Morgan fingerprint density at radius 1 is 0.500 bits per heavy atom. The molecule has 2 aromatic heterocycles. The number of nitrogens with zero attached hydrogens (tertiary/aromatic N) is 3. The summed E-state index contributed by atoms with van der Waals surface area (Å²) in [5, 5.41) is 19.5. The number of hydrogen-bond donors (Lipinski definition) is 0. The molecule has 4 nitrogen and oxygen atoms in total. The van der Waals surface area contributed by atoms with E-state index in [4.69, 9.17) is 4.42 Å². The molecule has 1 atom stereocenters. The van der Waals surface area contributed by atoms with Crippen LogP contribution in [0.5, 0.6) is 0 Å². The summed E-state index contributed by atoms with van der Waals surface area (Å²) in [5.41, 5.74) is 16.6. The Morgan fingerprint density at radius 3 is 1.95 bits per heavy atom. The van der Waals surface area contributed by atoms with Crippen molar-refractivity contribution < 1.29 is 4.42 Å². The van der Waals surface area contributed by atoms with E-state index >= 15 is 0 Å². The molecule has 2 aliphatic rings. The van der Waals surface area contributed by atoms with Gasteiger partial charge in [-0.2, -0.15) is 5.26 Å². The first-order valence-electron chi connectivity index (χ1n) is 22.8. The van der Waals surface area contributed by atoms with Crippen LogP contribution in [0.4, 0.5) is 17.1 Å². The molecule has 10 aromatic carbocycles. The van der Waals surface area contributed by atoms with Crippen molar-refractivity contribution in [2.45, 2.75) is 31.6 Å². The third-order valence-corrected chi connectivity index (χ3v) is 14.8. The van der Waals surface area contributed by atoms with Crippen molar-refractivity contribution in [1.29, 1.82) is 5.26 Å². The normalized spacial score (nSPS) is 14.9. The fraction of sp³-hybridized carbons (Fsp3) is 0.0806. The Hall–Kier alpha value is -8.39. The lowest BCUT2D eigenvalue weighted by molar-refractivity contribution is 0.590. The van der Waals surface area contributed by atoms with Gasteiger partial charge in [-0.25, -0.2) is 0 Å². The fourth-order valence-corrected chi connectivity index (χ4v) is 12.0. The van der Waals surface area contributed by atoms with Crippen molar-refractivity contribution >= 4 is 82.4 Å². The van der Waals surface area contributed by atoms with Crippen LogP contribution in [0.15, 0.2) is 199 Å². The van der Waals surface area contributed by atoms with Crippen molar-refractivity contribution in [2.24, 2.45) is 0 Å². The Bertz CT molecular complexity index is 4120. The highest BCUT2D eigenvalue weighted by Crippen LogP contribution is 2.64. The highest BCUT2D eigenvalue weighted by atomic mass is 16.3. The Morgan fingerprint density at radius 2 is 1.14 bits per heavy atom. The highest BCUT2D eigenvalue weighted by Gasteiger charge is 2.52. The van der Waals surface area contributed by atoms with E-state index in [1.165, 1.54) is 82.6 Å². The Balaban J connectivity index is 1.18. The van der Waals surface area contributed by atoms with Crippen LogP contribution >= 0.6 is 0 Å². The number of fused-ring (bicyclic) bond motifs is 19. The number of rotatable bonds is 3. The quantitative estimate of drug-likeness (QED) is 0.178. The van der Waals surface area contributed by atoms with Gasteiger partial charge in [0.05, 0.1) is 39.1 Å². The van der Waals surface area contributed by atoms with E-state index in [-0.39, 0.29) is 5.41 Å². The molecule has 14 rings (SSSR count). The molecule has 1 spiro atoms.